The summed E-state index contributed by atoms with van der Waals surface area (Å²) in [6, 6.07) is 0.277. The second-order valence-corrected chi connectivity index (χ2v) is 7.80. The van der Waals surface area contributed by atoms with Crippen LogP contribution in [0.5, 0.6) is 0 Å². The molecule has 0 atom stereocenters. The summed E-state index contributed by atoms with van der Waals surface area (Å²) in [6.45, 7) is 8.16. The average Bonchev–Trinajstić information content (AvgIpc) is 2.66. The molecule has 1 aromatic heterocycles. The van der Waals surface area contributed by atoms with Gasteiger partial charge < -0.3 is 5.32 Å². The minimum absolute atomic E-state index is 0.277. The van der Waals surface area contributed by atoms with Gasteiger partial charge in [-0.1, -0.05) is 13.8 Å². The molecule has 1 fully saturated rings. The second kappa shape index (κ2) is 5.46. The molecule has 0 bridgehead atoms. The summed E-state index contributed by atoms with van der Waals surface area (Å²) in [4.78, 5) is 0.291. The van der Waals surface area contributed by atoms with Crippen molar-refractivity contribution < 1.29 is 8.42 Å². The van der Waals surface area contributed by atoms with E-state index in [0.717, 1.165) is 19.3 Å². The Bertz CT molecular complexity index is 573. The van der Waals surface area contributed by atoms with Crippen LogP contribution in [0, 0.1) is 6.92 Å². The number of H-pyrrole nitrogens is 1. The lowest BCUT2D eigenvalue weighted by atomic mass is 9.80. The van der Waals surface area contributed by atoms with Crippen molar-refractivity contribution in [2.45, 2.75) is 70.0 Å². The highest BCUT2D eigenvalue weighted by Crippen LogP contribution is 2.33. The number of nitrogens with zero attached hydrogens (tertiary/aromatic N) is 1. The van der Waals surface area contributed by atoms with Crippen LogP contribution in [0.15, 0.2) is 4.90 Å². The Morgan fingerprint density at radius 3 is 2.55 bits per heavy atom. The van der Waals surface area contributed by atoms with Crippen LogP contribution < -0.4 is 10.0 Å². The Balaban J connectivity index is 2.24. The molecule has 20 heavy (non-hydrogen) atoms. The van der Waals surface area contributed by atoms with E-state index >= 15 is 0 Å². The molecule has 3 N–H and O–H groups in total. The molecule has 1 aromatic rings. The molecule has 1 aliphatic carbocycles. The standard InChI is InChI=1S/C13H24N4O2S/c1-9(2)14-8-11-12(10(3)15-16-11)20(18,19)17-13(4)6-5-7-13/h9,14,17H,5-8H2,1-4H3,(H,15,16). The van der Waals surface area contributed by atoms with Crippen LogP contribution in [0.4, 0.5) is 0 Å². The summed E-state index contributed by atoms with van der Waals surface area (Å²) in [6.07, 6.45) is 2.86. The maximum atomic E-state index is 12.6. The van der Waals surface area contributed by atoms with Crippen LogP contribution in [-0.2, 0) is 16.6 Å². The van der Waals surface area contributed by atoms with E-state index in [-0.39, 0.29) is 11.6 Å². The first-order valence-corrected chi connectivity index (χ1v) is 8.53. The van der Waals surface area contributed by atoms with E-state index < -0.39 is 10.0 Å². The van der Waals surface area contributed by atoms with Crippen molar-refractivity contribution in [1.82, 2.24) is 20.2 Å². The molecule has 0 aliphatic heterocycles. The number of sulfonamides is 1. The molecule has 1 saturated carbocycles. The molecule has 2 rings (SSSR count). The maximum Gasteiger partial charge on any atom is 0.244 e. The van der Waals surface area contributed by atoms with E-state index in [2.05, 4.69) is 20.2 Å². The molecule has 1 heterocycles. The van der Waals surface area contributed by atoms with Gasteiger partial charge in [-0.05, 0) is 33.1 Å². The lowest BCUT2D eigenvalue weighted by Crippen LogP contribution is -2.51. The van der Waals surface area contributed by atoms with Crippen molar-refractivity contribution >= 4 is 10.0 Å². The molecule has 0 aromatic carbocycles. The van der Waals surface area contributed by atoms with Gasteiger partial charge in [0.1, 0.15) is 4.90 Å². The maximum absolute atomic E-state index is 12.6. The predicted molar refractivity (Wildman–Crippen MR) is 77.9 cm³/mol. The Labute approximate surface area is 120 Å². The van der Waals surface area contributed by atoms with Gasteiger partial charge in [-0.25, -0.2) is 13.1 Å². The van der Waals surface area contributed by atoms with E-state index in [4.69, 9.17) is 0 Å². The van der Waals surface area contributed by atoms with Crippen molar-refractivity contribution in [1.29, 1.82) is 0 Å². The lowest BCUT2D eigenvalue weighted by molar-refractivity contribution is 0.248. The Morgan fingerprint density at radius 2 is 2.05 bits per heavy atom. The van der Waals surface area contributed by atoms with Crippen molar-refractivity contribution in [2.75, 3.05) is 0 Å². The number of hydrogen-bond acceptors (Lipinski definition) is 4. The molecule has 0 spiro atoms. The van der Waals surface area contributed by atoms with E-state index in [0.29, 0.717) is 22.8 Å². The third kappa shape index (κ3) is 3.21. The molecule has 114 valence electrons. The first kappa shape index (κ1) is 15.5. The van der Waals surface area contributed by atoms with Crippen molar-refractivity contribution in [3.05, 3.63) is 11.4 Å². The topological polar surface area (TPSA) is 86.9 Å². The molecule has 0 unspecified atom stereocenters. The average molecular weight is 300 g/mol. The van der Waals surface area contributed by atoms with Gasteiger partial charge in [-0.2, -0.15) is 5.10 Å². The van der Waals surface area contributed by atoms with Crippen LogP contribution >= 0.6 is 0 Å². The summed E-state index contributed by atoms with van der Waals surface area (Å²) in [5.74, 6) is 0. The van der Waals surface area contributed by atoms with E-state index in [1.165, 1.54) is 0 Å². The largest absolute Gasteiger partial charge is 0.309 e. The van der Waals surface area contributed by atoms with Crippen LogP contribution in [0.2, 0.25) is 0 Å². The Hall–Kier alpha value is -0.920. The van der Waals surface area contributed by atoms with Gasteiger partial charge in [0, 0.05) is 18.1 Å². The molecular formula is C13H24N4O2S. The number of rotatable bonds is 6. The van der Waals surface area contributed by atoms with Gasteiger partial charge in [0.15, 0.2) is 0 Å². The third-order valence-corrected chi connectivity index (χ3v) is 5.59. The zero-order chi connectivity index (χ0) is 15.0. The van der Waals surface area contributed by atoms with E-state index in [1.807, 2.05) is 20.8 Å². The van der Waals surface area contributed by atoms with Crippen LogP contribution in [0.25, 0.3) is 0 Å². The first-order chi connectivity index (χ1) is 9.23. The first-order valence-electron chi connectivity index (χ1n) is 7.05. The predicted octanol–water partition coefficient (Wildman–Crippen LogP) is 1.44. The zero-order valence-corrected chi connectivity index (χ0v) is 13.4. The van der Waals surface area contributed by atoms with Gasteiger partial charge in [-0.3, -0.25) is 5.10 Å². The normalized spacial score (nSPS) is 18.2. The molecular weight excluding hydrogens is 276 g/mol. The summed E-state index contributed by atoms with van der Waals surface area (Å²) in [7, 11) is -3.53. The summed E-state index contributed by atoms with van der Waals surface area (Å²) in [5, 5.41) is 10.1. The van der Waals surface area contributed by atoms with Crippen LogP contribution in [0.1, 0.15) is 51.4 Å². The van der Waals surface area contributed by atoms with Gasteiger partial charge in [0.05, 0.1) is 11.4 Å². The van der Waals surface area contributed by atoms with Crippen LogP contribution in [-0.4, -0.2) is 30.2 Å². The third-order valence-electron chi connectivity index (χ3n) is 3.75. The van der Waals surface area contributed by atoms with Gasteiger partial charge in [-0.15, -0.1) is 0 Å². The quantitative estimate of drug-likeness (QED) is 0.742. The number of aryl methyl sites for hydroxylation is 1. The summed E-state index contributed by atoms with van der Waals surface area (Å²) in [5.41, 5.74) is 0.832. The SMILES string of the molecule is Cc1[nH]nc(CNC(C)C)c1S(=O)(=O)NC1(C)CCC1. The smallest absolute Gasteiger partial charge is 0.244 e. The van der Waals surface area contributed by atoms with E-state index in [9.17, 15) is 8.42 Å². The zero-order valence-electron chi connectivity index (χ0n) is 12.6. The number of aromatic amines is 1. The van der Waals surface area contributed by atoms with Crippen molar-refractivity contribution in [2.24, 2.45) is 0 Å². The van der Waals surface area contributed by atoms with Gasteiger partial charge in [0.25, 0.3) is 0 Å². The van der Waals surface area contributed by atoms with Gasteiger partial charge >= 0.3 is 0 Å². The molecule has 0 amide bonds. The minimum atomic E-state index is -3.53. The highest BCUT2D eigenvalue weighted by molar-refractivity contribution is 7.89. The molecule has 0 radical (unpaired) electrons. The van der Waals surface area contributed by atoms with Crippen molar-refractivity contribution in [3.8, 4) is 0 Å². The van der Waals surface area contributed by atoms with E-state index in [1.54, 1.807) is 6.92 Å². The minimum Gasteiger partial charge on any atom is -0.309 e. The van der Waals surface area contributed by atoms with Crippen molar-refractivity contribution in [3.63, 3.8) is 0 Å². The fourth-order valence-corrected chi connectivity index (χ4v) is 4.26. The summed E-state index contributed by atoms with van der Waals surface area (Å²) < 4.78 is 28.0. The molecule has 7 heteroatoms. The Morgan fingerprint density at radius 1 is 1.40 bits per heavy atom. The number of hydrogen-bond donors (Lipinski definition) is 3. The Kier molecular flexibility index (Phi) is 4.22. The molecule has 1 aliphatic rings. The highest BCUT2D eigenvalue weighted by atomic mass is 32.2. The fraction of sp³-hybridized carbons (Fsp3) is 0.769. The monoisotopic (exact) mass is 300 g/mol. The lowest BCUT2D eigenvalue weighted by Gasteiger charge is -2.38. The fourth-order valence-electron chi connectivity index (χ4n) is 2.43. The van der Waals surface area contributed by atoms with Crippen LogP contribution in [0.3, 0.4) is 0 Å². The second-order valence-electron chi connectivity index (χ2n) is 6.18. The summed E-state index contributed by atoms with van der Waals surface area (Å²) >= 11 is 0. The molecule has 6 nitrogen and oxygen atoms in total. The van der Waals surface area contributed by atoms with Gasteiger partial charge in [0.2, 0.25) is 10.0 Å². The molecule has 0 saturated heterocycles. The number of nitrogens with one attached hydrogen (secondary N) is 3. The highest BCUT2D eigenvalue weighted by Gasteiger charge is 2.38. The number of aromatic nitrogens is 2.